The van der Waals surface area contributed by atoms with Crippen LogP contribution in [0.1, 0.15) is 12.7 Å². The summed E-state index contributed by atoms with van der Waals surface area (Å²) >= 11 is 0. The van der Waals surface area contributed by atoms with Gasteiger partial charge in [0.2, 0.25) is 10.0 Å². The Bertz CT molecular complexity index is 1030. The van der Waals surface area contributed by atoms with Gasteiger partial charge in [-0.05, 0) is 31.2 Å². The number of guanidine groups is 1. The van der Waals surface area contributed by atoms with Crippen LogP contribution in [0.25, 0.3) is 11.0 Å². The summed E-state index contributed by atoms with van der Waals surface area (Å²) < 4.78 is 32.9. The van der Waals surface area contributed by atoms with Gasteiger partial charge >= 0.3 is 0 Å². The minimum atomic E-state index is -3.58. The van der Waals surface area contributed by atoms with Crippen molar-refractivity contribution in [3.05, 3.63) is 60.6 Å². The number of rotatable bonds is 8. The van der Waals surface area contributed by atoms with Crippen LogP contribution >= 0.6 is 0 Å². The lowest BCUT2D eigenvalue weighted by Gasteiger charge is -2.21. The summed E-state index contributed by atoms with van der Waals surface area (Å²) in [6, 6.07) is 13.0. The van der Waals surface area contributed by atoms with Crippen molar-refractivity contribution in [2.75, 3.05) is 26.7 Å². The van der Waals surface area contributed by atoms with Crippen molar-refractivity contribution >= 4 is 27.0 Å². The fourth-order valence-corrected chi connectivity index (χ4v) is 3.81. The van der Waals surface area contributed by atoms with Crippen LogP contribution in [-0.2, 0) is 16.6 Å². The molecule has 3 aromatic rings. The molecule has 2 aromatic heterocycles. The van der Waals surface area contributed by atoms with E-state index in [0.29, 0.717) is 25.6 Å². The third kappa shape index (κ3) is 5.55. The van der Waals surface area contributed by atoms with Gasteiger partial charge < -0.3 is 14.6 Å². The molecule has 0 spiro atoms. The maximum atomic E-state index is 12.2. The smallest absolute Gasteiger partial charge is 0.242 e. The Balaban J connectivity index is 1.60. The van der Waals surface area contributed by atoms with Crippen LogP contribution in [-0.4, -0.2) is 50.9 Å². The first-order valence-corrected chi connectivity index (χ1v) is 10.8. The van der Waals surface area contributed by atoms with E-state index >= 15 is 0 Å². The lowest BCUT2D eigenvalue weighted by atomic mass is 10.2. The summed E-state index contributed by atoms with van der Waals surface area (Å²) in [5, 5.41) is 4.27. The minimum absolute atomic E-state index is 0.137. The second-order valence-electron chi connectivity index (χ2n) is 6.43. The predicted molar refractivity (Wildman–Crippen MR) is 113 cm³/mol. The van der Waals surface area contributed by atoms with Crippen LogP contribution in [0.5, 0.6) is 0 Å². The summed E-state index contributed by atoms with van der Waals surface area (Å²) in [5.74, 6) is 1.50. The molecule has 0 saturated carbocycles. The SMILES string of the molecule is CCNC(=NCCNS(=O)(=O)c1cccnc1)N(C)Cc1cc2ccccc2o1. The minimum Gasteiger partial charge on any atom is -0.459 e. The quantitative estimate of drug-likeness (QED) is 0.332. The predicted octanol–water partition coefficient (Wildman–Crippen LogP) is 2.20. The van der Waals surface area contributed by atoms with Crippen molar-refractivity contribution in [3.63, 3.8) is 0 Å². The second kappa shape index (κ2) is 9.53. The summed E-state index contributed by atoms with van der Waals surface area (Å²) in [6.45, 7) is 3.71. The molecule has 0 bridgehead atoms. The van der Waals surface area contributed by atoms with Crippen molar-refractivity contribution < 1.29 is 12.8 Å². The Morgan fingerprint density at radius 2 is 2.07 bits per heavy atom. The zero-order chi connectivity index (χ0) is 20.7. The molecule has 0 saturated heterocycles. The highest BCUT2D eigenvalue weighted by Gasteiger charge is 2.13. The third-order valence-corrected chi connectivity index (χ3v) is 5.62. The van der Waals surface area contributed by atoms with Crippen LogP contribution < -0.4 is 10.0 Å². The van der Waals surface area contributed by atoms with Gasteiger partial charge in [0.05, 0.1) is 13.1 Å². The number of hydrogen-bond donors (Lipinski definition) is 2. The molecule has 0 atom stereocenters. The molecule has 1 aromatic carbocycles. The molecule has 0 amide bonds. The van der Waals surface area contributed by atoms with Crippen molar-refractivity contribution in [3.8, 4) is 0 Å². The van der Waals surface area contributed by atoms with E-state index in [1.807, 2.05) is 49.2 Å². The highest BCUT2D eigenvalue weighted by molar-refractivity contribution is 7.89. The number of nitrogens with zero attached hydrogens (tertiary/aromatic N) is 3. The number of furan rings is 1. The Labute approximate surface area is 170 Å². The molecule has 0 aliphatic carbocycles. The number of pyridine rings is 1. The fraction of sp³-hybridized carbons (Fsp3) is 0.300. The van der Waals surface area contributed by atoms with Crippen LogP contribution in [0, 0.1) is 0 Å². The van der Waals surface area contributed by atoms with Crippen molar-refractivity contribution in [1.82, 2.24) is 19.9 Å². The topological polar surface area (TPSA) is 99.8 Å². The first kappa shape index (κ1) is 20.8. The first-order chi connectivity index (χ1) is 14.0. The van der Waals surface area contributed by atoms with Crippen LogP contribution in [0.3, 0.4) is 0 Å². The molecule has 29 heavy (non-hydrogen) atoms. The summed E-state index contributed by atoms with van der Waals surface area (Å²) in [4.78, 5) is 10.4. The van der Waals surface area contributed by atoms with E-state index in [9.17, 15) is 8.42 Å². The maximum absolute atomic E-state index is 12.2. The van der Waals surface area contributed by atoms with E-state index in [0.717, 1.165) is 16.7 Å². The fourth-order valence-electron chi connectivity index (χ4n) is 2.82. The van der Waals surface area contributed by atoms with Gasteiger partial charge in [-0.3, -0.25) is 9.98 Å². The highest BCUT2D eigenvalue weighted by atomic mass is 32.2. The van der Waals surface area contributed by atoms with E-state index in [2.05, 4.69) is 20.0 Å². The molecule has 8 nitrogen and oxygen atoms in total. The molecule has 2 N–H and O–H groups in total. The van der Waals surface area contributed by atoms with Crippen molar-refractivity contribution in [2.24, 2.45) is 4.99 Å². The van der Waals surface area contributed by atoms with Gasteiger partial charge in [-0.1, -0.05) is 18.2 Å². The molecule has 3 rings (SSSR count). The lowest BCUT2D eigenvalue weighted by molar-refractivity contribution is 0.412. The van der Waals surface area contributed by atoms with Crippen LogP contribution in [0.4, 0.5) is 0 Å². The number of fused-ring (bicyclic) bond motifs is 1. The standard InChI is InChI=1S/C20H25N5O3S/c1-3-22-20(23-11-12-24-29(26,27)18-8-6-10-21-14-18)25(2)15-17-13-16-7-4-5-9-19(16)28-17/h4-10,13-14,24H,3,11-12,15H2,1-2H3,(H,22,23). The summed E-state index contributed by atoms with van der Waals surface area (Å²) in [5.41, 5.74) is 0.850. The molecule has 9 heteroatoms. The molecule has 0 radical (unpaired) electrons. The molecule has 0 aliphatic heterocycles. The zero-order valence-electron chi connectivity index (χ0n) is 16.5. The van der Waals surface area contributed by atoms with Crippen molar-refractivity contribution in [1.29, 1.82) is 0 Å². The van der Waals surface area contributed by atoms with Crippen molar-refractivity contribution in [2.45, 2.75) is 18.4 Å². The third-order valence-electron chi connectivity index (χ3n) is 4.18. The number of hydrogen-bond acceptors (Lipinski definition) is 5. The van der Waals surface area contributed by atoms with Gasteiger partial charge in [0, 0.05) is 37.9 Å². The van der Waals surface area contributed by atoms with Gasteiger partial charge in [0.15, 0.2) is 5.96 Å². The Kier molecular flexibility index (Phi) is 6.84. The Morgan fingerprint density at radius 3 is 2.79 bits per heavy atom. The Morgan fingerprint density at radius 1 is 1.24 bits per heavy atom. The molecule has 0 unspecified atom stereocenters. The van der Waals surface area contributed by atoms with E-state index in [1.54, 1.807) is 6.07 Å². The molecule has 0 aliphatic rings. The maximum Gasteiger partial charge on any atom is 0.242 e. The van der Waals surface area contributed by atoms with Gasteiger partial charge in [-0.15, -0.1) is 0 Å². The monoisotopic (exact) mass is 415 g/mol. The molecular formula is C20H25N5O3S. The zero-order valence-corrected chi connectivity index (χ0v) is 17.3. The highest BCUT2D eigenvalue weighted by Crippen LogP contribution is 2.19. The second-order valence-corrected chi connectivity index (χ2v) is 8.20. The average Bonchev–Trinajstić information content (AvgIpc) is 3.13. The van der Waals surface area contributed by atoms with Gasteiger partial charge in [-0.2, -0.15) is 0 Å². The molecule has 2 heterocycles. The van der Waals surface area contributed by atoms with E-state index in [-0.39, 0.29) is 11.4 Å². The van der Waals surface area contributed by atoms with E-state index in [1.165, 1.54) is 18.5 Å². The van der Waals surface area contributed by atoms with Crippen LogP contribution in [0.2, 0.25) is 0 Å². The lowest BCUT2D eigenvalue weighted by Crippen LogP contribution is -2.39. The first-order valence-electron chi connectivity index (χ1n) is 9.36. The van der Waals surface area contributed by atoms with E-state index < -0.39 is 10.0 Å². The normalized spacial score (nSPS) is 12.3. The number of benzene rings is 1. The van der Waals surface area contributed by atoms with Gasteiger partial charge in [0.1, 0.15) is 16.2 Å². The average molecular weight is 416 g/mol. The molecule has 0 fully saturated rings. The number of para-hydroxylation sites is 1. The number of sulfonamides is 1. The number of aromatic nitrogens is 1. The van der Waals surface area contributed by atoms with Crippen LogP contribution in [0.15, 0.2) is 69.2 Å². The van der Waals surface area contributed by atoms with Gasteiger partial charge in [-0.25, -0.2) is 13.1 Å². The summed E-state index contributed by atoms with van der Waals surface area (Å²) in [7, 11) is -1.67. The molecule has 154 valence electrons. The Hall–Kier alpha value is -2.91. The van der Waals surface area contributed by atoms with Gasteiger partial charge in [0.25, 0.3) is 0 Å². The van der Waals surface area contributed by atoms with E-state index in [4.69, 9.17) is 4.42 Å². The number of nitrogens with one attached hydrogen (secondary N) is 2. The largest absolute Gasteiger partial charge is 0.459 e. The summed E-state index contributed by atoms with van der Waals surface area (Å²) in [6.07, 6.45) is 2.85. The molecular weight excluding hydrogens is 390 g/mol. The number of aliphatic imine (C=N–C) groups is 1.